The largest absolute Gasteiger partial charge is 0.393 e. The lowest BCUT2D eigenvalue weighted by atomic mass is 10.1. The summed E-state index contributed by atoms with van der Waals surface area (Å²) in [5.74, 6) is -0.411. The Labute approximate surface area is 116 Å². The fourth-order valence-corrected chi connectivity index (χ4v) is 2.51. The number of para-hydroxylation sites is 1. The number of amides is 1. The molecule has 1 saturated heterocycles. The number of carbonyl (C=O) groups excluding carboxylic acids is 1. The van der Waals surface area contributed by atoms with Crippen LogP contribution in [0, 0.1) is 10.1 Å². The number of nitro groups is 1. The number of nitrogens with zero attached hydrogens (tertiary/aromatic N) is 2. The van der Waals surface area contributed by atoms with Gasteiger partial charge in [0.15, 0.2) is 0 Å². The lowest BCUT2D eigenvalue weighted by Gasteiger charge is -2.26. The molecular weight excluding hydrogens is 262 g/mol. The van der Waals surface area contributed by atoms with Crippen LogP contribution in [0.3, 0.4) is 0 Å². The Kier molecular flexibility index (Phi) is 3.89. The standard InChI is InChI=1S/C13H17N3O4/c1-8-11(6-7-20-8)15(2)13(17)9-4-3-5-10(14)12(9)16(18)19/h3-5,8,11H,6-7,14H2,1-2H3. The Morgan fingerprint density at radius 3 is 2.80 bits per heavy atom. The molecule has 20 heavy (non-hydrogen) atoms. The normalized spacial score (nSPS) is 21.7. The fourth-order valence-electron chi connectivity index (χ4n) is 2.51. The molecule has 108 valence electrons. The van der Waals surface area contributed by atoms with Crippen LogP contribution >= 0.6 is 0 Å². The zero-order valence-electron chi connectivity index (χ0n) is 11.4. The van der Waals surface area contributed by atoms with Crippen LogP contribution in [0.25, 0.3) is 0 Å². The van der Waals surface area contributed by atoms with E-state index in [4.69, 9.17) is 10.5 Å². The van der Waals surface area contributed by atoms with Gasteiger partial charge in [-0.3, -0.25) is 14.9 Å². The Morgan fingerprint density at radius 2 is 2.25 bits per heavy atom. The average molecular weight is 279 g/mol. The maximum absolute atomic E-state index is 12.5. The van der Waals surface area contributed by atoms with E-state index in [1.165, 1.54) is 23.1 Å². The first kappa shape index (κ1) is 14.3. The van der Waals surface area contributed by atoms with Crippen LogP contribution in [0.4, 0.5) is 11.4 Å². The van der Waals surface area contributed by atoms with Gasteiger partial charge >= 0.3 is 5.69 Å². The predicted octanol–water partition coefficient (Wildman–Crippen LogP) is 1.43. The van der Waals surface area contributed by atoms with Gasteiger partial charge in [-0.25, -0.2) is 0 Å². The Balaban J connectivity index is 2.34. The summed E-state index contributed by atoms with van der Waals surface area (Å²) in [5.41, 5.74) is 5.27. The minimum absolute atomic E-state index is 0.00929. The molecule has 0 radical (unpaired) electrons. The fraction of sp³-hybridized carbons (Fsp3) is 0.462. The van der Waals surface area contributed by atoms with E-state index in [0.29, 0.717) is 6.61 Å². The molecule has 0 aliphatic carbocycles. The molecule has 0 aromatic heterocycles. The number of nitro benzene ring substituents is 1. The topological polar surface area (TPSA) is 98.7 Å². The van der Waals surface area contributed by atoms with E-state index in [0.717, 1.165) is 6.42 Å². The lowest BCUT2D eigenvalue weighted by molar-refractivity contribution is -0.384. The first-order valence-corrected chi connectivity index (χ1v) is 6.35. The molecule has 1 aromatic rings. The van der Waals surface area contributed by atoms with Crippen molar-refractivity contribution in [3.05, 3.63) is 33.9 Å². The third-order valence-electron chi connectivity index (χ3n) is 3.63. The maximum Gasteiger partial charge on any atom is 0.304 e. The van der Waals surface area contributed by atoms with Crippen molar-refractivity contribution in [3.8, 4) is 0 Å². The van der Waals surface area contributed by atoms with Crippen molar-refractivity contribution in [1.82, 2.24) is 4.90 Å². The van der Waals surface area contributed by atoms with Crippen LogP contribution in [0.5, 0.6) is 0 Å². The summed E-state index contributed by atoms with van der Waals surface area (Å²) in [6, 6.07) is 4.30. The number of rotatable bonds is 3. The number of benzene rings is 1. The summed E-state index contributed by atoms with van der Waals surface area (Å²) in [4.78, 5) is 24.4. The van der Waals surface area contributed by atoms with Gasteiger partial charge in [0, 0.05) is 13.7 Å². The molecule has 7 nitrogen and oxygen atoms in total. The zero-order chi connectivity index (χ0) is 14.9. The van der Waals surface area contributed by atoms with Crippen LogP contribution in [-0.2, 0) is 4.74 Å². The Morgan fingerprint density at radius 1 is 1.55 bits per heavy atom. The van der Waals surface area contributed by atoms with E-state index >= 15 is 0 Å². The molecule has 1 aromatic carbocycles. The van der Waals surface area contributed by atoms with E-state index < -0.39 is 10.8 Å². The molecule has 0 saturated carbocycles. The van der Waals surface area contributed by atoms with Crippen LogP contribution < -0.4 is 5.73 Å². The van der Waals surface area contributed by atoms with Gasteiger partial charge in [-0.2, -0.15) is 0 Å². The van der Waals surface area contributed by atoms with Crippen molar-refractivity contribution in [1.29, 1.82) is 0 Å². The number of nitrogens with two attached hydrogens (primary N) is 1. The highest BCUT2D eigenvalue weighted by Crippen LogP contribution is 2.28. The number of likely N-dealkylation sites (N-methyl/N-ethyl adjacent to an activating group) is 1. The van der Waals surface area contributed by atoms with Crippen molar-refractivity contribution < 1.29 is 14.5 Å². The van der Waals surface area contributed by atoms with Gasteiger partial charge in [0.05, 0.1) is 17.1 Å². The summed E-state index contributed by atoms with van der Waals surface area (Å²) in [6.45, 7) is 2.47. The van der Waals surface area contributed by atoms with Crippen molar-refractivity contribution in [2.45, 2.75) is 25.5 Å². The van der Waals surface area contributed by atoms with Gasteiger partial charge in [0.2, 0.25) is 0 Å². The molecule has 1 fully saturated rings. The Bertz CT molecular complexity index is 546. The second-order valence-corrected chi connectivity index (χ2v) is 4.85. The van der Waals surface area contributed by atoms with Crippen LogP contribution in [0.2, 0.25) is 0 Å². The third-order valence-corrected chi connectivity index (χ3v) is 3.63. The summed E-state index contributed by atoms with van der Waals surface area (Å²) in [7, 11) is 1.63. The van der Waals surface area contributed by atoms with E-state index in [2.05, 4.69) is 0 Å². The van der Waals surface area contributed by atoms with Gasteiger partial charge in [-0.1, -0.05) is 6.07 Å². The summed E-state index contributed by atoms with van der Waals surface area (Å²) < 4.78 is 5.42. The number of ether oxygens (including phenoxy) is 1. The molecule has 1 aliphatic heterocycles. The molecule has 0 spiro atoms. The monoisotopic (exact) mass is 279 g/mol. The summed E-state index contributed by atoms with van der Waals surface area (Å²) in [5, 5.41) is 11.1. The molecule has 2 N–H and O–H groups in total. The maximum atomic E-state index is 12.5. The predicted molar refractivity (Wildman–Crippen MR) is 73.4 cm³/mol. The quantitative estimate of drug-likeness (QED) is 0.512. The van der Waals surface area contributed by atoms with Crippen molar-refractivity contribution in [3.63, 3.8) is 0 Å². The molecule has 2 atom stereocenters. The number of hydrogen-bond acceptors (Lipinski definition) is 5. The molecule has 0 bridgehead atoms. The van der Waals surface area contributed by atoms with E-state index in [1.807, 2.05) is 6.92 Å². The van der Waals surface area contributed by atoms with Gasteiger partial charge in [-0.15, -0.1) is 0 Å². The average Bonchev–Trinajstić information content (AvgIpc) is 2.82. The number of anilines is 1. The lowest BCUT2D eigenvalue weighted by Crippen LogP contribution is -2.41. The number of nitrogen functional groups attached to an aromatic ring is 1. The minimum atomic E-state index is -0.620. The van der Waals surface area contributed by atoms with Gasteiger partial charge < -0.3 is 15.4 Å². The zero-order valence-corrected chi connectivity index (χ0v) is 11.4. The molecule has 2 unspecified atom stereocenters. The van der Waals surface area contributed by atoms with Crippen LogP contribution in [-0.4, -0.2) is 41.5 Å². The second-order valence-electron chi connectivity index (χ2n) is 4.85. The minimum Gasteiger partial charge on any atom is -0.393 e. The van der Waals surface area contributed by atoms with Crippen LogP contribution in [0.15, 0.2) is 18.2 Å². The first-order valence-electron chi connectivity index (χ1n) is 6.35. The van der Waals surface area contributed by atoms with Crippen molar-refractivity contribution >= 4 is 17.3 Å². The highest BCUT2D eigenvalue weighted by atomic mass is 16.6. The highest BCUT2D eigenvalue weighted by molar-refractivity contribution is 6.00. The molecule has 1 amide bonds. The SMILES string of the molecule is CC1OCCC1N(C)C(=O)c1cccc(N)c1[N+](=O)[O-]. The molecular formula is C13H17N3O4. The summed E-state index contributed by atoms with van der Waals surface area (Å²) >= 11 is 0. The Hall–Kier alpha value is -2.15. The van der Waals surface area contributed by atoms with Gasteiger partial charge in [0.1, 0.15) is 11.3 Å². The number of hydrogen-bond donors (Lipinski definition) is 1. The molecule has 7 heteroatoms. The highest BCUT2D eigenvalue weighted by Gasteiger charge is 2.34. The molecule has 1 aliphatic rings. The van der Waals surface area contributed by atoms with Crippen molar-refractivity contribution in [2.24, 2.45) is 0 Å². The summed E-state index contributed by atoms with van der Waals surface area (Å²) in [6.07, 6.45) is 0.642. The van der Waals surface area contributed by atoms with Crippen LogP contribution in [0.1, 0.15) is 23.7 Å². The second kappa shape index (κ2) is 5.46. The van der Waals surface area contributed by atoms with E-state index in [9.17, 15) is 14.9 Å². The van der Waals surface area contributed by atoms with Gasteiger partial charge in [0.25, 0.3) is 5.91 Å². The van der Waals surface area contributed by atoms with Crippen molar-refractivity contribution in [2.75, 3.05) is 19.4 Å². The number of carbonyl (C=O) groups is 1. The smallest absolute Gasteiger partial charge is 0.304 e. The first-order chi connectivity index (χ1) is 9.43. The van der Waals surface area contributed by atoms with E-state index in [-0.39, 0.29) is 29.1 Å². The third kappa shape index (κ3) is 2.44. The molecule has 1 heterocycles. The van der Waals surface area contributed by atoms with Gasteiger partial charge in [-0.05, 0) is 25.5 Å². The van der Waals surface area contributed by atoms with E-state index in [1.54, 1.807) is 7.05 Å². The molecule has 2 rings (SSSR count).